The van der Waals surface area contributed by atoms with Gasteiger partial charge >= 0.3 is 0 Å². The van der Waals surface area contributed by atoms with Crippen molar-refractivity contribution in [3.8, 4) is 0 Å². The molecular weight excluding hydrogens is 336 g/mol. The van der Waals surface area contributed by atoms with Gasteiger partial charge in [0.15, 0.2) is 0 Å². The zero-order valence-electron chi connectivity index (χ0n) is 16.0. The molecule has 1 N–H and O–H groups in total. The average Bonchev–Trinajstić information content (AvgIpc) is 2.73. The molecule has 2 aromatic rings. The maximum Gasteiger partial charge on any atom is 0.272 e. The summed E-state index contributed by atoms with van der Waals surface area (Å²) in [6.45, 7) is 4.03. The summed E-state index contributed by atoms with van der Waals surface area (Å²) in [6.07, 6.45) is 9.88. The van der Waals surface area contributed by atoms with Crippen molar-refractivity contribution in [1.82, 2.24) is 14.9 Å². The third-order valence-electron chi connectivity index (χ3n) is 4.91. The van der Waals surface area contributed by atoms with Crippen LogP contribution in [0, 0.1) is 0 Å². The Hall–Kier alpha value is -2.69. The van der Waals surface area contributed by atoms with E-state index in [9.17, 15) is 4.79 Å². The average molecular weight is 364 g/mol. The highest BCUT2D eigenvalue weighted by molar-refractivity contribution is 5.92. The summed E-state index contributed by atoms with van der Waals surface area (Å²) in [5.41, 5.74) is 3.07. The van der Waals surface area contributed by atoms with E-state index in [0.29, 0.717) is 24.6 Å². The number of anilines is 1. The minimum atomic E-state index is -0.0678. The van der Waals surface area contributed by atoms with Crippen molar-refractivity contribution in [3.63, 3.8) is 0 Å². The van der Waals surface area contributed by atoms with E-state index < -0.39 is 0 Å². The number of aromatic nitrogens is 2. The number of allylic oxidation sites excluding steroid dienone is 1. The number of carbonyl (C=O) groups is 1. The number of carbonyl (C=O) groups excluding carboxylic acids is 1. The van der Waals surface area contributed by atoms with Crippen LogP contribution in [-0.4, -0.2) is 33.9 Å². The number of benzene rings is 1. The fraction of sp³-hybridized carbons (Fsp3) is 0.409. The third kappa shape index (κ3) is 5.64. The second-order valence-corrected chi connectivity index (χ2v) is 6.88. The van der Waals surface area contributed by atoms with Crippen molar-refractivity contribution in [2.45, 2.75) is 45.6 Å². The number of rotatable bonds is 8. The van der Waals surface area contributed by atoms with E-state index in [-0.39, 0.29) is 5.91 Å². The van der Waals surface area contributed by atoms with Crippen LogP contribution >= 0.6 is 0 Å². The van der Waals surface area contributed by atoms with E-state index in [1.54, 1.807) is 11.0 Å². The monoisotopic (exact) mass is 364 g/mol. The Kier molecular flexibility index (Phi) is 6.97. The Morgan fingerprint density at radius 2 is 2.04 bits per heavy atom. The van der Waals surface area contributed by atoms with Gasteiger partial charge in [0.1, 0.15) is 17.8 Å². The smallest absolute Gasteiger partial charge is 0.272 e. The van der Waals surface area contributed by atoms with E-state index >= 15 is 0 Å². The first kappa shape index (κ1) is 19.1. The van der Waals surface area contributed by atoms with Crippen LogP contribution < -0.4 is 5.32 Å². The van der Waals surface area contributed by atoms with Gasteiger partial charge in [0.2, 0.25) is 0 Å². The van der Waals surface area contributed by atoms with Crippen LogP contribution in [0.2, 0.25) is 0 Å². The van der Waals surface area contributed by atoms with Crippen molar-refractivity contribution in [3.05, 3.63) is 65.6 Å². The van der Waals surface area contributed by atoms with Gasteiger partial charge in [-0.3, -0.25) is 4.79 Å². The van der Waals surface area contributed by atoms with Crippen LogP contribution in [0.25, 0.3) is 0 Å². The summed E-state index contributed by atoms with van der Waals surface area (Å²) in [5.74, 6) is 0.641. The van der Waals surface area contributed by atoms with E-state index in [1.165, 1.54) is 37.6 Å². The van der Waals surface area contributed by atoms with Crippen molar-refractivity contribution in [2.75, 3.05) is 18.4 Å². The lowest BCUT2D eigenvalue weighted by Crippen LogP contribution is -2.31. The lowest BCUT2D eigenvalue weighted by Gasteiger charge is -2.20. The zero-order chi connectivity index (χ0) is 18.9. The molecule has 3 rings (SSSR count). The fourth-order valence-electron chi connectivity index (χ4n) is 3.35. The molecule has 27 heavy (non-hydrogen) atoms. The highest BCUT2D eigenvalue weighted by Gasteiger charge is 2.16. The summed E-state index contributed by atoms with van der Waals surface area (Å²) in [7, 11) is 0. The first-order valence-electron chi connectivity index (χ1n) is 9.83. The number of nitrogens with zero attached hydrogens (tertiary/aromatic N) is 3. The molecule has 142 valence electrons. The van der Waals surface area contributed by atoms with Gasteiger partial charge in [0.05, 0.1) is 0 Å². The Bertz CT molecular complexity index is 773. The predicted molar refractivity (Wildman–Crippen MR) is 109 cm³/mol. The Morgan fingerprint density at radius 3 is 2.78 bits per heavy atom. The molecule has 0 aliphatic heterocycles. The van der Waals surface area contributed by atoms with Crippen molar-refractivity contribution in [1.29, 1.82) is 0 Å². The number of nitrogens with one attached hydrogen (secondary N) is 1. The number of hydrogen-bond donors (Lipinski definition) is 1. The molecular formula is C22H28N4O. The second kappa shape index (κ2) is 9.86. The molecule has 1 aromatic heterocycles. The summed E-state index contributed by atoms with van der Waals surface area (Å²) in [5, 5.41) is 3.33. The van der Waals surface area contributed by atoms with Crippen molar-refractivity contribution < 1.29 is 4.79 Å². The highest BCUT2D eigenvalue weighted by Crippen LogP contribution is 2.20. The van der Waals surface area contributed by atoms with Crippen LogP contribution in [0.15, 0.2) is 54.4 Å². The van der Waals surface area contributed by atoms with Gasteiger partial charge in [-0.05, 0) is 44.6 Å². The zero-order valence-corrected chi connectivity index (χ0v) is 16.0. The van der Waals surface area contributed by atoms with Crippen LogP contribution in [-0.2, 0) is 6.54 Å². The molecule has 0 unspecified atom stereocenters. The molecule has 5 nitrogen and oxygen atoms in total. The standard InChI is InChI=1S/C22H28N4O/c1-2-26(16-19-11-7-4-8-12-19)22(27)20-15-21(25-17-24-20)23-14-13-18-9-5-3-6-10-18/h4,7-9,11-12,15,17H,2-3,5-6,10,13-14,16H2,1H3,(H,23,24,25). The number of amides is 1. The molecule has 0 spiro atoms. The van der Waals surface area contributed by atoms with E-state index in [1.807, 2.05) is 37.3 Å². The van der Waals surface area contributed by atoms with Crippen LogP contribution in [0.5, 0.6) is 0 Å². The largest absolute Gasteiger partial charge is 0.370 e. The van der Waals surface area contributed by atoms with Gasteiger partial charge < -0.3 is 10.2 Å². The number of hydrogen-bond acceptors (Lipinski definition) is 4. The van der Waals surface area contributed by atoms with Crippen LogP contribution in [0.1, 0.15) is 55.1 Å². The summed E-state index contributed by atoms with van der Waals surface area (Å²) >= 11 is 0. The van der Waals surface area contributed by atoms with Gasteiger partial charge in [-0.25, -0.2) is 9.97 Å². The first-order chi connectivity index (χ1) is 13.3. The van der Waals surface area contributed by atoms with E-state index in [4.69, 9.17) is 0 Å². The molecule has 0 fully saturated rings. The maximum atomic E-state index is 12.9. The minimum Gasteiger partial charge on any atom is -0.370 e. The fourth-order valence-corrected chi connectivity index (χ4v) is 3.35. The van der Waals surface area contributed by atoms with Crippen molar-refractivity contribution in [2.24, 2.45) is 0 Å². The van der Waals surface area contributed by atoms with Gasteiger partial charge in [0, 0.05) is 25.7 Å². The molecule has 0 bridgehead atoms. The normalized spacial score (nSPS) is 13.7. The molecule has 1 aliphatic carbocycles. The second-order valence-electron chi connectivity index (χ2n) is 6.88. The Balaban J connectivity index is 1.59. The summed E-state index contributed by atoms with van der Waals surface area (Å²) < 4.78 is 0. The molecule has 1 heterocycles. The SMILES string of the molecule is CCN(Cc1ccccc1)C(=O)c1cc(NCCC2=CCCCC2)ncn1. The highest BCUT2D eigenvalue weighted by atomic mass is 16.2. The van der Waals surface area contributed by atoms with Gasteiger partial charge in [-0.2, -0.15) is 0 Å². The van der Waals surface area contributed by atoms with Crippen LogP contribution in [0.3, 0.4) is 0 Å². The summed E-state index contributed by atoms with van der Waals surface area (Å²) in [4.78, 5) is 23.1. The molecule has 1 aliphatic rings. The molecule has 5 heteroatoms. The Morgan fingerprint density at radius 1 is 1.19 bits per heavy atom. The lowest BCUT2D eigenvalue weighted by molar-refractivity contribution is 0.0746. The Labute approximate surface area is 161 Å². The summed E-state index contributed by atoms with van der Waals surface area (Å²) in [6, 6.07) is 11.8. The van der Waals surface area contributed by atoms with Crippen LogP contribution in [0.4, 0.5) is 5.82 Å². The van der Waals surface area contributed by atoms with Gasteiger partial charge in [0.25, 0.3) is 5.91 Å². The topological polar surface area (TPSA) is 58.1 Å². The van der Waals surface area contributed by atoms with Gasteiger partial charge in [-0.1, -0.05) is 42.0 Å². The minimum absolute atomic E-state index is 0.0678. The van der Waals surface area contributed by atoms with E-state index in [0.717, 1.165) is 18.5 Å². The predicted octanol–water partition coefficient (Wildman–Crippen LogP) is 4.44. The lowest BCUT2D eigenvalue weighted by atomic mass is 9.97. The molecule has 0 saturated heterocycles. The quantitative estimate of drug-likeness (QED) is 0.704. The first-order valence-corrected chi connectivity index (χ1v) is 9.83. The maximum absolute atomic E-state index is 12.9. The van der Waals surface area contributed by atoms with E-state index in [2.05, 4.69) is 21.4 Å². The molecule has 0 radical (unpaired) electrons. The molecule has 1 amide bonds. The molecule has 0 atom stereocenters. The third-order valence-corrected chi connectivity index (χ3v) is 4.91. The molecule has 1 aromatic carbocycles. The van der Waals surface area contributed by atoms with Crippen molar-refractivity contribution >= 4 is 11.7 Å². The molecule has 0 saturated carbocycles. The van der Waals surface area contributed by atoms with Gasteiger partial charge in [-0.15, -0.1) is 0 Å².